The first-order valence-corrected chi connectivity index (χ1v) is 12.2. The summed E-state index contributed by atoms with van der Waals surface area (Å²) in [5.41, 5.74) is 5.81. The number of hydrogen-bond acceptors (Lipinski definition) is 8. The molecule has 4 rings (SSSR count). The fourth-order valence-electron chi connectivity index (χ4n) is 3.73. The van der Waals surface area contributed by atoms with Gasteiger partial charge in [0.25, 0.3) is 5.56 Å². The van der Waals surface area contributed by atoms with E-state index in [-0.39, 0.29) is 30.4 Å². The number of nitrogens with zero attached hydrogens (tertiary/aromatic N) is 4. The number of aryl methyl sites for hydroxylation is 1. The summed E-state index contributed by atoms with van der Waals surface area (Å²) < 4.78 is 6.56. The number of anilines is 2. The number of nitrogen functional groups attached to an aromatic ring is 1. The first-order valence-electron chi connectivity index (χ1n) is 11.3. The molecule has 4 aromatic rings. The molecule has 0 saturated carbocycles. The summed E-state index contributed by atoms with van der Waals surface area (Å²) in [6, 6.07) is 13.1. The summed E-state index contributed by atoms with van der Waals surface area (Å²) in [4.78, 5) is 47.3. The van der Waals surface area contributed by atoms with Gasteiger partial charge in [0, 0.05) is 19.4 Å². The first-order chi connectivity index (χ1) is 17.0. The van der Waals surface area contributed by atoms with Gasteiger partial charge in [0.1, 0.15) is 5.82 Å². The topological polar surface area (TPSA) is 140 Å². The van der Waals surface area contributed by atoms with Crippen LogP contribution in [-0.2, 0) is 17.8 Å². The van der Waals surface area contributed by atoms with Crippen molar-refractivity contribution in [2.24, 2.45) is 0 Å². The van der Waals surface area contributed by atoms with Crippen molar-refractivity contribution in [2.45, 2.75) is 39.2 Å². The third kappa shape index (κ3) is 5.57. The highest BCUT2D eigenvalue weighted by Gasteiger charge is 2.24. The minimum absolute atomic E-state index is 0.00912. The van der Waals surface area contributed by atoms with Gasteiger partial charge in [-0.2, -0.15) is 4.98 Å². The molecule has 3 heterocycles. The second-order valence-electron chi connectivity index (χ2n) is 7.95. The highest BCUT2D eigenvalue weighted by atomic mass is 32.1. The van der Waals surface area contributed by atoms with E-state index in [4.69, 9.17) is 10.3 Å². The number of rotatable bonds is 10. The number of nitrogens with one attached hydrogen (secondary N) is 1. The van der Waals surface area contributed by atoms with Crippen molar-refractivity contribution in [1.29, 1.82) is 0 Å². The van der Waals surface area contributed by atoms with Crippen molar-refractivity contribution in [3.8, 4) is 10.7 Å². The molecule has 0 aliphatic carbocycles. The Hall–Kier alpha value is -3.99. The van der Waals surface area contributed by atoms with Gasteiger partial charge in [-0.1, -0.05) is 48.5 Å². The zero-order chi connectivity index (χ0) is 24.8. The van der Waals surface area contributed by atoms with Crippen LogP contribution >= 0.6 is 11.3 Å². The number of benzene rings is 1. The van der Waals surface area contributed by atoms with E-state index in [1.807, 2.05) is 54.8 Å². The Morgan fingerprint density at radius 3 is 2.71 bits per heavy atom. The van der Waals surface area contributed by atoms with Gasteiger partial charge in [-0.3, -0.25) is 19.1 Å². The summed E-state index contributed by atoms with van der Waals surface area (Å²) in [6.45, 7) is 2.36. The molecular formula is C24H26N6O4S. The molecule has 3 N–H and O–H groups in total. The van der Waals surface area contributed by atoms with Crippen molar-refractivity contribution in [1.82, 2.24) is 19.7 Å². The fraction of sp³-hybridized carbons (Fsp3) is 0.292. The van der Waals surface area contributed by atoms with Crippen LogP contribution in [0.4, 0.5) is 11.5 Å². The SMILES string of the molecule is CCCN(C(=O)CCCc1nc(-c2cccs2)no1)c1c(N)n(Cc2ccccc2)c(=O)[nH]c1=O. The monoisotopic (exact) mass is 494 g/mol. The smallest absolute Gasteiger partial charge is 0.330 e. The third-order valence-corrected chi connectivity index (χ3v) is 6.27. The molecule has 0 aliphatic rings. The van der Waals surface area contributed by atoms with E-state index in [0.717, 1.165) is 10.4 Å². The molecule has 0 bridgehead atoms. The van der Waals surface area contributed by atoms with E-state index in [1.165, 1.54) is 20.8 Å². The Balaban J connectivity index is 1.50. The number of carbonyl (C=O) groups excluding carboxylic acids is 1. The minimum Gasteiger partial charge on any atom is -0.383 e. The van der Waals surface area contributed by atoms with Gasteiger partial charge in [0.2, 0.25) is 17.6 Å². The number of nitrogens with two attached hydrogens (primary N) is 1. The number of aromatic amines is 1. The normalized spacial score (nSPS) is 11.0. The number of amides is 1. The van der Waals surface area contributed by atoms with Gasteiger partial charge in [0.15, 0.2) is 5.69 Å². The molecule has 3 aromatic heterocycles. The van der Waals surface area contributed by atoms with Crippen LogP contribution in [0.2, 0.25) is 0 Å². The Morgan fingerprint density at radius 2 is 2.00 bits per heavy atom. The van der Waals surface area contributed by atoms with Crippen molar-refractivity contribution < 1.29 is 9.32 Å². The molecule has 35 heavy (non-hydrogen) atoms. The largest absolute Gasteiger partial charge is 0.383 e. The van der Waals surface area contributed by atoms with Crippen molar-refractivity contribution >= 4 is 28.7 Å². The average molecular weight is 495 g/mol. The summed E-state index contributed by atoms with van der Waals surface area (Å²) >= 11 is 1.52. The third-order valence-electron chi connectivity index (χ3n) is 5.41. The minimum atomic E-state index is -0.684. The van der Waals surface area contributed by atoms with E-state index >= 15 is 0 Å². The van der Waals surface area contributed by atoms with Crippen LogP contribution in [-0.4, -0.2) is 32.1 Å². The number of carbonyl (C=O) groups is 1. The Morgan fingerprint density at radius 1 is 1.20 bits per heavy atom. The predicted molar refractivity (Wildman–Crippen MR) is 134 cm³/mol. The second kappa shape index (κ2) is 11.0. The van der Waals surface area contributed by atoms with Gasteiger partial charge in [-0.05, 0) is 29.9 Å². The molecule has 0 unspecified atom stereocenters. The van der Waals surface area contributed by atoms with Gasteiger partial charge in [-0.25, -0.2) is 4.79 Å². The Bertz CT molecular complexity index is 1390. The highest BCUT2D eigenvalue weighted by Crippen LogP contribution is 2.22. The van der Waals surface area contributed by atoms with E-state index in [2.05, 4.69) is 15.1 Å². The van der Waals surface area contributed by atoms with Crippen LogP contribution < -0.4 is 21.9 Å². The molecule has 10 nitrogen and oxygen atoms in total. The van der Waals surface area contributed by atoms with Gasteiger partial charge in [-0.15, -0.1) is 11.3 Å². The number of hydrogen-bond donors (Lipinski definition) is 2. The van der Waals surface area contributed by atoms with E-state index in [0.29, 0.717) is 37.5 Å². The summed E-state index contributed by atoms with van der Waals surface area (Å²) in [5.74, 6) is 0.653. The van der Waals surface area contributed by atoms with E-state index < -0.39 is 11.2 Å². The molecule has 1 aromatic carbocycles. The quantitative estimate of drug-likeness (QED) is 0.345. The number of thiophene rings is 1. The summed E-state index contributed by atoms with van der Waals surface area (Å²) in [6.07, 6.45) is 1.62. The Kier molecular flexibility index (Phi) is 7.56. The molecule has 11 heteroatoms. The lowest BCUT2D eigenvalue weighted by Gasteiger charge is -2.24. The maximum Gasteiger partial charge on any atom is 0.330 e. The lowest BCUT2D eigenvalue weighted by molar-refractivity contribution is -0.118. The van der Waals surface area contributed by atoms with E-state index in [1.54, 1.807) is 0 Å². The van der Waals surface area contributed by atoms with E-state index in [9.17, 15) is 14.4 Å². The van der Waals surface area contributed by atoms with Crippen LogP contribution in [0, 0.1) is 0 Å². The molecule has 0 atom stereocenters. The zero-order valence-corrected chi connectivity index (χ0v) is 20.1. The second-order valence-corrected chi connectivity index (χ2v) is 8.90. The fourth-order valence-corrected chi connectivity index (χ4v) is 4.38. The van der Waals surface area contributed by atoms with Crippen molar-refractivity contribution in [3.63, 3.8) is 0 Å². The van der Waals surface area contributed by atoms with Gasteiger partial charge in [0.05, 0.1) is 11.4 Å². The van der Waals surface area contributed by atoms with Crippen LogP contribution in [0.5, 0.6) is 0 Å². The first kappa shape index (κ1) is 24.1. The molecule has 0 saturated heterocycles. The number of aromatic nitrogens is 4. The molecule has 0 aliphatic heterocycles. The summed E-state index contributed by atoms with van der Waals surface area (Å²) in [5, 5.41) is 5.91. The maximum atomic E-state index is 13.1. The zero-order valence-electron chi connectivity index (χ0n) is 19.3. The average Bonchev–Trinajstić information content (AvgIpc) is 3.54. The maximum absolute atomic E-state index is 13.1. The molecule has 0 fully saturated rings. The predicted octanol–water partition coefficient (Wildman–Crippen LogP) is 3.04. The summed E-state index contributed by atoms with van der Waals surface area (Å²) in [7, 11) is 0. The Labute approximate surface area is 205 Å². The van der Waals surface area contributed by atoms with Crippen LogP contribution in [0.15, 0.2) is 62.0 Å². The van der Waals surface area contributed by atoms with Crippen LogP contribution in [0.25, 0.3) is 10.7 Å². The van der Waals surface area contributed by atoms with Crippen molar-refractivity contribution in [2.75, 3.05) is 17.2 Å². The molecular weight excluding hydrogens is 468 g/mol. The van der Waals surface area contributed by atoms with Crippen LogP contribution in [0.1, 0.15) is 37.6 Å². The molecule has 0 radical (unpaired) electrons. The van der Waals surface area contributed by atoms with Crippen LogP contribution in [0.3, 0.4) is 0 Å². The molecule has 0 spiro atoms. The van der Waals surface area contributed by atoms with Gasteiger partial charge >= 0.3 is 5.69 Å². The lowest BCUT2D eigenvalue weighted by Crippen LogP contribution is -2.41. The molecule has 182 valence electrons. The lowest BCUT2D eigenvalue weighted by atomic mass is 10.2. The standard InChI is InChI=1S/C24H26N6O4S/c1-2-13-29(19(31)12-6-11-18-26-22(28-34-18)17-10-7-14-35-17)20-21(25)30(24(33)27-23(20)32)15-16-8-4-3-5-9-16/h3-5,7-10,14H,2,6,11-13,15,25H2,1H3,(H,27,32,33). The molecule has 1 amide bonds. The highest BCUT2D eigenvalue weighted by molar-refractivity contribution is 7.13. The van der Waals surface area contributed by atoms with Crippen molar-refractivity contribution in [3.05, 3.63) is 80.1 Å². The number of H-pyrrole nitrogens is 1. The van der Waals surface area contributed by atoms with Gasteiger partial charge < -0.3 is 15.2 Å².